The number of hydrogen-bond donors (Lipinski definition) is 0. The maximum absolute atomic E-state index is 11.1. The van der Waals surface area contributed by atoms with Crippen LogP contribution in [-0.2, 0) is 4.79 Å². The van der Waals surface area contributed by atoms with E-state index in [9.17, 15) is 4.79 Å². The normalized spacial score (nSPS) is 57.6. The summed E-state index contributed by atoms with van der Waals surface area (Å²) < 4.78 is 0. The first kappa shape index (κ1) is 8.74. The summed E-state index contributed by atoms with van der Waals surface area (Å²) in [5, 5.41) is 0. The molecule has 0 heterocycles. The Balaban J connectivity index is 2.41. The molecular formula is C10H15BrO. The largest absolute Gasteiger partial charge is 0.303 e. The van der Waals surface area contributed by atoms with Crippen LogP contribution in [0.2, 0.25) is 0 Å². The van der Waals surface area contributed by atoms with Gasteiger partial charge in [0.1, 0.15) is 6.29 Å². The van der Waals surface area contributed by atoms with Gasteiger partial charge >= 0.3 is 0 Å². The van der Waals surface area contributed by atoms with Crippen molar-refractivity contribution in [2.45, 2.75) is 37.9 Å². The molecule has 2 heteroatoms. The summed E-state index contributed by atoms with van der Waals surface area (Å²) in [7, 11) is 0. The third-order valence-corrected chi connectivity index (χ3v) is 6.01. The number of alkyl halides is 1. The summed E-state index contributed by atoms with van der Waals surface area (Å²) in [5.41, 5.74) is 0.156. The maximum atomic E-state index is 11.1. The molecule has 2 rings (SSSR count). The summed E-state index contributed by atoms with van der Waals surface area (Å²) in [5.74, 6) is 0.741. The highest BCUT2D eigenvalue weighted by Gasteiger charge is 2.61. The zero-order valence-corrected chi connectivity index (χ0v) is 9.23. The molecule has 12 heavy (non-hydrogen) atoms. The van der Waals surface area contributed by atoms with Gasteiger partial charge in [0.2, 0.25) is 0 Å². The molecule has 0 radical (unpaired) electrons. The lowest BCUT2D eigenvalue weighted by atomic mass is 9.66. The highest BCUT2D eigenvalue weighted by Crippen LogP contribution is 2.65. The molecule has 0 saturated heterocycles. The molecule has 4 atom stereocenters. The van der Waals surface area contributed by atoms with Crippen molar-refractivity contribution in [3.05, 3.63) is 0 Å². The van der Waals surface area contributed by atoms with Gasteiger partial charge < -0.3 is 4.79 Å². The second kappa shape index (κ2) is 2.34. The van der Waals surface area contributed by atoms with Crippen molar-refractivity contribution in [2.24, 2.45) is 16.7 Å². The number of aldehydes is 1. The van der Waals surface area contributed by atoms with Crippen LogP contribution in [0, 0.1) is 16.7 Å². The Morgan fingerprint density at radius 2 is 2.17 bits per heavy atom. The smallest absolute Gasteiger partial charge is 0.127 e. The Kier molecular flexibility index (Phi) is 1.70. The number of halogens is 1. The molecule has 0 unspecified atom stereocenters. The zero-order chi connectivity index (χ0) is 8.98. The third kappa shape index (κ3) is 0.773. The fourth-order valence-corrected chi connectivity index (χ4v) is 4.17. The zero-order valence-electron chi connectivity index (χ0n) is 7.64. The predicted molar refractivity (Wildman–Crippen MR) is 52.3 cm³/mol. The molecule has 0 aromatic heterocycles. The molecule has 68 valence electrons. The predicted octanol–water partition coefficient (Wildman–Crippen LogP) is 2.78. The molecule has 0 aliphatic heterocycles. The van der Waals surface area contributed by atoms with E-state index in [1.165, 1.54) is 25.5 Å². The molecule has 0 N–H and O–H groups in total. The Labute approximate surface area is 82.0 Å². The molecule has 1 nitrogen and oxygen atoms in total. The molecule has 2 aliphatic rings. The molecule has 2 bridgehead atoms. The van der Waals surface area contributed by atoms with Gasteiger partial charge in [0, 0.05) is 10.2 Å². The summed E-state index contributed by atoms with van der Waals surface area (Å²) >= 11 is 3.68. The van der Waals surface area contributed by atoms with E-state index in [1.54, 1.807) is 0 Å². The van der Waals surface area contributed by atoms with Crippen molar-refractivity contribution in [3.8, 4) is 0 Å². The van der Waals surface area contributed by atoms with E-state index in [1.807, 2.05) is 0 Å². The van der Waals surface area contributed by atoms with Crippen LogP contribution in [0.3, 0.4) is 0 Å². The molecule has 0 aromatic rings. The molecule has 2 saturated carbocycles. The molecule has 2 aliphatic carbocycles. The van der Waals surface area contributed by atoms with E-state index in [2.05, 4.69) is 29.8 Å². The number of fused-ring (bicyclic) bond motifs is 2. The molecule has 0 amide bonds. The van der Waals surface area contributed by atoms with Crippen molar-refractivity contribution in [1.82, 2.24) is 0 Å². The first-order chi connectivity index (χ1) is 5.53. The van der Waals surface area contributed by atoms with Crippen LogP contribution in [0.1, 0.15) is 33.1 Å². The monoisotopic (exact) mass is 230 g/mol. The lowest BCUT2D eigenvalue weighted by Gasteiger charge is -2.40. The van der Waals surface area contributed by atoms with Crippen LogP contribution in [0.25, 0.3) is 0 Å². The standard InChI is InChI=1S/C10H15BrO/c1-9-4-3-7(5-9)8(11)10(9,2)6-12/h6-8H,3-5H2,1-2H3/t7-,8-,9+,10-/m1/s1. The van der Waals surface area contributed by atoms with E-state index >= 15 is 0 Å². The average molecular weight is 231 g/mol. The Hall–Kier alpha value is 0.150. The van der Waals surface area contributed by atoms with Gasteiger partial charge in [-0.15, -0.1) is 0 Å². The summed E-state index contributed by atoms with van der Waals surface area (Å²) in [6, 6.07) is 0. The van der Waals surface area contributed by atoms with Crippen LogP contribution in [0.5, 0.6) is 0 Å². The van der Waals surface area contributed by atoms with Gasteiger partial charge in [-0.25, -0.2) is 0 Å². The minimum absolute atomic E-state index is 0.115. The van der Waals surface area contributed by atoms with Crippen LogP contribution in [-0.4, -0.2) is 11.1 Å². The maximum Gasteiger partial charge on any atom is 0.127 e. The van der Waals surface area contributed by atoms with Crippen LogP contribution in [0.4, 0.5) is 0 Å². The summed E-state index contributed by atoms with van der Waals surface area (Å²) in [6.45, 7) is 4.38. The number of carbonyl (C=O) groups excluding carboxylic acids is 1. The molecule has 0 spiro atoms. The van der Waals surface area contributed by atoms with Crippen molar-refractivity contribution < 1.29 is 4.79 Å². The first-order valence-electron chi connectivity index (χ1n) is 4.64. The van der Waals surface area contributed by atoms with Gasteiger partial charge in [-0.1, -0.05) is 29.8 Å². The third-order valence-electron chi connectivity index (χ3n) is 4.31. The van der Waals surface area contributed by atoms with Crippen molar-refractivity contribution in [2.75, 3.05) is 0 Å². The lowest BCUT2D eigenvalue weighted by Crippen LogP contribution is -2.41. The summed E-state index contributed by atoms with van der Waals surface area (Å²) in [6.07, 6.45) is 4.94. The second-order valence-corrected chi connectivity index (χ2v) is 5.85. The van der Waals surface area contributed by atoms with Crippen molar-refractivity contribution in [1.29, 1.82) is 0 Å². The molecule has 0 aromatic carbocycles. The SMILES string of the molecule is C[C@]12CC[C@H](C1)[C@@H](Br)[C@@]2(C)C=O. The number of carbonyl (C=O) groups is 1. The topological polar surface area (TPSA) is 17.1 Å². The Morgan fingerprint density at radius 3 is 2.50 bits per heavy atom. The van der Waals surface area contributed by atoms with Gasteiger partial charge in [0.05, 0.1) is 0 Å². The van der Waals surface area contributed by atoms with Gasteiger partial charge in [0.25, 0.3) is 0 Å². The first-order valence-corrected chi connectivity index (χ1v) is 5.55. The molecule has 2 fully saturated rings. The minimum atomic E-state index is -0.115. The van der Waals surface area contributed by atoms with Gasteiger partial charge in [0.15, 0.2) is 0 Å². The van der Waals surface area contributed by atoms with E-state index < -0.39 is 0 Å². The van der Waals surface area contributed by atoms with Crippen molar-refractivity contribution >= 4 is 22.2 Å². The van der Waals surface area contributed by atoms with E-state index in [-0.39, 0.29) is 10.8 Å². The molecular weight excluding hydrogens is 216 g/mol. The van der Waals surface area contributed by atoms with Gasteiger partial charge in [-0.3, -0.25) is 0 Å². The average Bonchev–Trinajstić information content (AvgIpc) is 2.52. The van der Waals surface area contributed by atoms with Crippen molar-refractivity contribution in [3.63, 3.8) is 0 Å². The van der Waals surface area contributed by atoms with Gasteiger partial charge in [-0.2, -0.15) is 0 Å². The lowest BCUT2D eigenvalue weighted by molar-refractivity contribution is -0.120. The van der Waals surface area contributed by atoms with Crippen LogP contribution in [0.15, 0.2) is 0 Å². The highest BCUT2D eigenvalue weighted by molar-refractivity contribution is 9.09. The quantitative estimate of drug-likeness (QED) is 0.501. The Morgan fingerprint density at radius 1 is 1.50 bits per heavy atom. The van der Waals surface area contributed by atoms with Crippen LogP contribution < -0.4 is 0 Å². The number of hydrogen-bond acceptors (Lipinski definition) is 1. The Bertz CT molecular complexity index is 228. The minimum Gasteiger partial charge on any atom is -0.303 e. The number of rotatable bonds is 1. The highest BCUT2D eigenvalue weighted by atomic mass is 79.9. The van der Waals surface area contributed by atoms with E-state index in [4.69, 9.17) is 0 Å². The van der Waals surface area contributed by atoms with E-state index in [0.29, 0.717) is 4.83 Å². The van der Waals surface area contributed by atoms with E-state index in [0.717, 1.165) is 5.92 Å². The van der Waals surface area contributed by atoms with Crippen LogP contribution >= 0.6 is 15.9 Å². The summed E-state index contributed by atoms with van der Waals surface area (Å²) in [4.78, 5) is 11.5. The fraction of sp³-hybridized carbons (Fsp3) is 0.900. The van der Waals surface area contributed by atoms with Gasteiger partial charge in [-0.05, 0) is 30.6 Å². The second-order valence-electron chi connectivity index (χ2n) is 4.87. The fourth-order valence-electron chi connectivity index (χ4n) is 3.06.